The Morgan fingerprint density at radius 1 is 1.50 bits per heavy atom. The average Bonchev–Trinajstić information content (AvgIpc) is 0.811. The summed E-state index contributed by atoms with van der Waals surface area (Å²) in [6.45, 7) is 0. The zero-order valence-electron chi connectivity index (χ0n) is 2.82. The van der Waals surface area contributed by atoms with Gasteiger partial charge in [-0.2, -0.15) is 0 Å². The molecule has 0 saturated heterocycles. The van der Waals surface area contributed by atoms with E-state index in [1.54, 1.807) is 0 Å². The Morgan fingerprint density at radius 2 is 1.50 bits per heavy atom. The van der Waals surface area contributed by atoms with Gasteiger partial charge in [-0.1, -0.05) is 11.2 Å². The smallest absolute Gasteiger partial charge is 0.0140 e. The van der Waals surface area contributed by atoms with E-state index >= 15 is 0 Å². The third kappa shape index (κ3) is 19.5. The molecule has 0 aromatic rings. The second-order valence-corrected chi connectivity index (χ2v) is 4.22. The molecular formula is C2H6S2. The molecule has 0 rings (SSSR count). The van der Waals surface area contributed by atoms with E-state index in [-0.39, 0.29) is 9.45 Å². The molecule has 0 heterocycles. The Hall–Kier alpha value is 0.570. The van der Waals surface area contributed by atoms with E-state index in [1.165, 1.54) is 0 Å². The fraction of sp³-hybridized carbons (Fsp3) is 1.00. The Bertz CT molecular complexity index is 27.0. The van der Waals surface area contributed by atoms with Crippen molar-refractivity contribution in [3.63, 3.8) is 0 Å². The quantitative estimate of drug-likeness (QED) is 0.417. The Morgan fingerprint density at radius 3 is 1.50 bits per heavy atom. The van der Waals surface area contributed by atoms with Crippen LogP contribution in [0.4, 0.5) is 0 Å². The van der Waals surface area contributed by atoms with Crippen molar-refractivity contribution in [2.45, 2.75) is 0 Å². The van der Waals surface area contributed by atoms with Crippen LogP contribution in [-0.2, 0) is 20.6 Å². The minimum atomic E-state index is 0.222. The highest BCUT2D eigenvalue weighted by Gasteiger charge is 1.51. The second kappa shape index (κ2) is 1.85. The highest BCUT2D eigenvalue weighted by atomic mass is 32.8. The first-order valence-electron chi connectivity index (χ1n) is 0.983. The summed E-state index contributed by atoms with van der Waals surface area (Å²) in [5.74, 6) is 0. The Kier molecular flexibility index (Phi) is 2.11. The molecule has 0 bridgehead atoms. The maximum atomic E-state index is 4.65. The van der Waals surface area contributed by atoms with Crippen LogP contribution in [0.25, 0.3) is 0 Å². The van der Waals surface area contributed by atoms with Crippen molar-refractivity contribution < 1.29 is 0 Å². The summed E-state index contributed by atoms with van der Waals surface area (Å²) in [6, 6.07) is 0. The summed E-state index contributed by atoms with van der Waals surface area (Å²) < 4.78 is 0. The summed E-state index contributed by atoms with van der Waals surface area (Å²) in [5.41, 5.74) is 0. The lowest BCUT2D eigenvalue weighted by molar-refractivity contribution is 2.35. The molecule has 0 aliphatic heterocycles. The van der Waals surface area contributed by atoms with Gasteiger partial charge in [0.15, 0.2) is 0 Å². The fourth-order valence-electron chi connectivity index (χ4n) is 0. The highest BCUT2D eigenvalue weighted by Crippen LogP contribution is 1.50. The van der Waals surface area contributed by atoms with E-state index in [0.29, 0.717) is 0 Å². The van der Waals surface area contributed by atoms with Crippen LogP contribution in [-0.4, -0.2) is 12.5 Å². The first kappa shape index (κ1) is 4.57. The third-order valence-corrected chi connectivity index (χ3v) is 0. The van der Waals surface area contributed by atoms with Gasteiger partial charge in [-0.15, -0.1) is 9.45 Å². The van der Waals surface area contributed by atoms with Crippen LogP contribution in [0, 0.1) is 0 Å². The molecule has 0 unspecified atom stereocenters. The molecule has 0 N–H and O–H groups in total. The Labute approximate surface area is 33.8 Å². The maximum absolute atomic E-state index is 4.65. The molecule has 0 radical (unpaired) electrons. The molecule has 0 aromatic carbocycles. The molecule has 0 spiro atoms. The van der Waals surface area contributed by atoms with E-state index in [2.05, 4.69) is 11.2 Å². The zero-order chi connectivity index (χ0) is 3.58. The largest absolute Gasteiger partial charge is 0.128 e. The number of hydrogen-bond acceptors (Lipinski definition) is 1. The molecule has 4 heavy (non-hydrogen) atoms. The van der Waals surface area contributed by atoms with Crippen LogP contribution >= 0.6 is 0 Å². The van der Waals surface area contributed by atoms with Gasteiger partial charge in [0.25, 0.3) is 0 Å². The van der Waals surface area contributed by atoms with Crippen LogP contribution in [0.15, 0.2) is 0 Å². The minimum absolute atomic E-state index is 0.222. The monoisotopic (exact) mass is 94.0 g/mol. The van der Waals surface area contributed by atoms with Gasteiger partial charge in [-0.25, -0.2) is 0 Å². The first-order valence-corrected chi connectivity index (χ1v) is 3.95. The molecule has 0 atom stereocenters. The SMILES string of the molecule is CS(C)=S. The summed E-state index contributed by atoms with van der Waals surface area (Å²) in [5, 5.41) is 0. The summed E-state index contributed by atoms with van der Waals surface area (Å²) >= 11 is 4.65. The second-order valence-electron chi connectivity index (χ2n) is 0.742. The van der Waals surface area contributed by atoms with E-state index in [4.69, 9.17) is 0 Å². The van der Waals surface area contributed by atoms with Crippen LogP contribution in [0.3, 0.4) is 0 Å². The standard InChI is InChI=1S/C2H6S2/c1-4(2)3/h1-2H3. The number of hydrogen-bond donors (Lipinski definition) is 0. The van der Waals surface area contributed by atoms with Crippen LogP contribution < -0.4 is 0 Å². The predicted octanol–water partition coefficient (Wildman–Crippen LogP) is 0.326. The molecule has 2 heteroatoms. The van der Waals surface area contributed by atoms with E-state index in [0.717, 1.165) is 0 Å². The minimum Gasteiger partial charge on any atom is -0.128 e. The number of rotatable bonds is 0. The molecule has 0 aliphatic rings. The van der Waals surface area contributed by atoms with Crippen molar-refractivity contribution in [2.75, 3.05) is 12.5 Å². The van der Waals surface area contributed by atoms with Crippen LogP contribution in [0.5, 0.6) is 0 Å². The normalized spacial score (nSPS) is 8.75. The van der Waals surface area contributed by atoms with Crippen molar-refractivity contribution in [1.82, 2.24) is 0 Å². The van der Waals surface area contributed by atoms with Gasteiger partial charge >= 0.3 is 0 Å². The van der Waals surface area contributed by atoms with Crippen LogP contribution in [0.2, 0.25) is 0 Å². The summed E-state index contributed by atoms with van der Waals surface area (Å²) in [6.07, 6.45) is 4.02. The molecule has 0 aliphatic carbocycles. The molecule has 0 amide bonds. The van der Waals surface area contributed by atoms with Crippen molar-refractivity contribution in [3.05, 3.63) is 0 Å². The van der Waals surface area contributed by atoms with E-state index < -0.39 is 0 Å². The lowest BCUT2D eigenvalue weighted by Crippen LogP contribution is -1.67. The molecule has 0 fully saturated rings. The van der Waals surface area contributed by atoms with Gasteiger partial charge < -0.3 is 0 Å². The third-order valence-electron chi connectivity index (χ3n) is 0. The fourth-order valence-corrected chi connectivity index (χ4v) is 0. The van der Waals surface area contributed by atoms with Gasteiger partial charge in [-0.05, 0) is 12.5 Å². The van der Waals surface area contributed by atoms with Gasteiger partial charge in [0.2, 0.25) is 0 Å². The summed E-state index contributed by atoms with van der Waals surface area (Å²) in [7, 11) is 0.222. The van der Waals surface area contributed by atoms with Gasteiger partial charge in [-0.3, -0.25) is 0 Å². The van der Waals surface area contributed by atoms with E-state index in [9.17, 15) is 0 Å². The average molecular weight is 94.2 g/mol. The van der Waals surface area contributed by atoms with Gasteiger partial charge in [0, 0.05) is 0 Å². The topological polar surface area (TPSA) is 0 Å². The Balaban J connectivity index is 2.80. The molecule has 26 valence electrons. The highest BCUT2D eigenvalue weighted by molar-refractivity contribution is 8.28. The lowest BCUT2D eigenvalue weighted by atomic mass is 11.9. The van der Waals surface area contributed by atoms with Gasteiger partial charge in [0.05, 0.1) is 0 Å². The first-order chi connectivity index (χ1) is 1.73. The van der Waals surface area contributed by atoms with Crippen molar-refractivity contribution in [1.29, 1.82) is 0 Å². The molecule has 0 saturated carbocycles. The zero-order valence-corrected chi connectivity index (χ0v) is 4.45. The maximum Gasteiger partial charge on any atom is -0.0140 e. The predicted molar refractivity (Wildman–Crippen MR) is 26.6 cm³/mol. The van der Waals surface area contributed by atoms with Crippen molar-refractivity contribution in [3.8, 4) is 0 Å². The molecular weight excluding hydrogens is 88.2 g/mol. The van der Waals surface area contributed by atoms with Crippen LogP contribution in [0.1, 0.15) is 0 Å². The lowest BCUT2D eigenvalue weighted by Gasteiger charge is -1.66. The van der Waals surface area contributed by atoms with Crippen molar-refractivity contribution >= 4 is 20.6 Å². The van der Waals surface area contributed by atoms with Gasteiger partial charge in [0.1, 0.15) is 0 Å². The molecule has 0 nitrogen and oxygen atoms in total. The van der Waals surface area contributed by atoms with Crippen molar-refractivity contribution in [2.24, 2.45) is 0 Å². The van der Waals surface area contributed by atoms with E-state index in [1.807, 2.05) is 12.5 Å². The summed E-state index contributed by atoms with van der Waals surface area (Å²) in [4.78, 5) is 0. The molecule has 0 aromatic heterocycles.